The fourth-order valence-electron chi connectivity index (χ4n) is 3.28. The fourth-order valence-corrected chi connectivity index (χ4v) is 5.64. The van der Waals surface area contributed by atoms with Crippen LogP contribution in [0.2, 0.25) is 0 Å². The molecule has 1 N–H and O–H groups in total. The van der Waals surface area contributed by atoms with E-state index in [1.165, 1.54) is 27.0 Å². The number of aromatic nitrogens is 1. The second-order valence-electron chi connectivity index (χ2n) is 7.38. The van der Waals surface area contributed by atoms with E-state index in [4.69, 9.17) is 0 Å². The van der Waals surface area contributed by atoms with E-state index in [0.29, 0.717) is 42.4 Å². The Morgan fingerprint density at radius 2 is 1.81 bits per heavy atom. The first-order valence-electron chi connectivity index (χ1n) is 9.80. The van der Waals surface area contributed by atoms with Gasteiger partial charge in [-0.15, -0.1) is 11.3 Å². The molecule has 2 heterocycles. The average Bonchev–Trinajstić information content (AvgIpc) is 3.21. The molecule has 0 radical (unpaired) electrons. The first kappa shape index (κ1) is 23.6. The van der Waals surface area contributed by atoms with E-state index in [1.54, 1.807) is 31.2 Å². The number of carbonyl (C=O) groups excluding carboxylic acids is 1. The van der Waals surface area contributed by atoms with Crippen molar-refractivity contribution in [2.24, 2.45) is 5.92 Å². The van der Waals surface area contributed by atoms with Crippen molar-refractivity contribution in [2.75, 3.05) is 41.8 Å². The molecule has 0 bridgehead atoms. The number of hydrogen-bond donors (Lipinski definition) is 1. The number of hydrogen-bond acceptors (Lipinski definition) is 7. The lowest BCUT2D eigenvalue weighted by atomic mass is 9.97. The molecule has 1 aliphatic rings. The van der Waals surface area contributed by atoms with Gasteiger partial charge < -0.3 is 5.32 Å². The van der Waals surface area contributed by atoms with Gasteiger partial charge >= 0.3 is 0 Å². The van der Waals surface area contributed by atoms with Crippen LogP contribution < -0.4 is 9.62 Å². The van der Waals surface area contributed by atoms with E-state index in [0.717, 1.165) is 11.8 Å². The molecular formula is C19H26N4O5S3. The zero-order valence-electron chi connectivity index (χ0n) is 17.6. The standard InChI is InChI=1S/C19H26N4O5S3/c1-4-31(27,28)23-11-9-15(10-12-23)18(24)21-19-20-17(13-29-19)14-5-7-16(8-6-14)22(2)30(3,25)26/h5-8,13,15H,4,9-12H2,1-3H3,(H,20,21,24). The molecule has 3 rings (SSSR count). The maximum absolute atomic E-state index is 12.6. The van der Waals surface area contributed by atoms with E-state index in [2.05, 4.69) is 10.3 Å². The number of anilines is 2. The lowest BCUT2D eigenvalue weighted by Gasteiger charge is -2.30. The summed E-state index contributed by atoms with van der Waals surface area (Å²) in [4.78, 5) is 17.0. The van der Waals surface area contributed by atoms with Crippen molar-refractivity contribution in [1.82, 2.24) is 9.29 Å². The lowest BCUT2D eigenvalue weighted by molar-refractivity contribution is -0.120. The molecule has 12 heteroatoms. The lowest BCUT2D eigenvalue weighted by Crippen LogP contribution is -2.42. The summed E-state index contributed by atoms with van der Waals surface area (Å²) >= 11 is 1.30. The topological polar surface area (TPSA) is 117 Å². The maximum Gasteiger partial charge on any atom is 0.231 e. The molecular weight excluding hydrogens is 460 g/mol. The van der Waals surface area contributed by atoms with E-state index < -0.39 is 20.0 Å². The summed E-state index contributed by atoms with van der Waals surface area (Å²) in [7, 11) is -5.06. The second-order valence-corrected chi connectivity index (χ2v) is 12.5. The molecule has 1 amide bonds. The third kappa shape index (κ3) is 5.62. The van der Waals surface area contributed by atoms with Gasteiger partial charge in [-0.3, -0.25) is 9.10 Å². The molecule has 0 atom stereocenters. The summed E-state index contributed by atoms with van der Waals surface area (Å²) in [6.45, 7) is 2.32. The van der Waals surface area contributed by atoms with Crippen LogP contribution in [0.3, 0.4) is 0 Å². The minimum atomic E-state index is -3.33. The van der Waals surface area contributed by atoms with Crippen LogP contribution >= 0.6 is 11.3 Å². The van der Waals surface area contributed by atoms with Gasteiger partial charge in [-0.2, -0.15) is 0 Å². The Morgan fingerprint density at radius 1 is 1.19 bits per heavy atom. The Morgan fingerprint density at radius 3 is 2.35 bits per heavy atom. The van der Waals surface area contributed by atoms with Gasteiger partial charge in [0.25, 0.3) is 0 Å². The van der Waals surface area contributed by atoms with E-state index in [-0.39, 0.29) is 17.6 Å². The first-order valence-corrected chi connectivity index (χ1v) is 14.1. The van der Waals surface area contributed by atoms with Gasteiger partial charge in [0.1, 0.15) is 0 Å². The Labute approximate surface area is 187 Å². The SMILES string of the molecule is CCS(=O)(=O)N1CCC(C(=O)Nc2nc(-c3ccc(N(C)S(C)(=O)=O)cc3)cs2)CC1. The molecule has 0 aliphatic carbocycles. The van der Waals surface area contributed by atoms with Crippen LogP contribution in [-0.4, -0.2) is 64.2 Å². The van der Waals surface area contributed by atoms with Gasteiger partial charge in [-0.1, -0.05) is 12.1 Å². The Balaban J connectivity index is 1.61. The fraction of sp³-hybridized carbons (Fsp3) is 0.474. The highest BCUT2D eigenvalue weighted by molar-refractivity contribution is 7.92. The number of sulfonamides is 2. The van der Waals surface area contributed by atoms with Crippen LogP contribution in [-0.2, 0) is 24.8 Å². The highest BCUT2D eigenvalue weighted by Crippen LogP contribution is 2.28. The number of nitrogens with one attached hydrogen (secondary N) is 1. The van der Waals surface area contributed by atoms with E-state index in [9.17, 15) is 21.6 Å². The molecule has 0 spiro atoms. The van der Waals surface area contributed by atoms with Crippen LogP contribution in [0.1, 0.15) is 19.8 Å². The third-order valence-electron chi connectivity index (χ3n) is 5.34. The van der Waals surface area contributed by atoms with Crippen LogP contribution in [0.25, 0.3) is 11.3 Å². The molecule has 1 aromatic carbocycles. The normalized spacial score (nSPS) is 16.2. The number of carbonyl (C=O) groups is 1. The molecule has 31 heavy (non-hydrogen) atoms. The van der Waals surface area contributed by atoms with Crippen molar-refractivity contribution in [2.45, 2.75) is 19.8 Å². The number of piperidine rings is 1. The number of thiazole rings is 1. The zero-order chi connectivity index (χ0) is 22.8. The van der Waals surface area contributed by atoms with Crippen molar-refractivity contribution in [3.05, 3.63) is 29.6 Å². The predicted octanol–water partition coefficient (Wildman–Crippen LogP) is 2.21. The van der Waals surface area contributed by atoms with Crippen LogP contribution in [0.15, 0.2) is 29.6 Å². The molecule has 1 fully saturated rings. The van der Waals surface area contributed by atoms with E-state index >= 15 is 0 Å². The van der Waals surface area contributed by atoms with Crippen molar-refractivity contribution < 1.29 is 21.6 Å². The molecule has 170 valence electrons. The highest BCUT2D eigenvalue weighted by atomic mass is 32.2. The summed E-state index contributed by atoms with van der Waals surface area (Å²) in [5.74, 6) is -0.335. The van der Waals surface area contributed by atoms with Crippen molar-refractivity contribution in [1.29, 1.82) is 0 Å². The Kier molecular flexibility index (Phi) is 7.04. The van der Waals surface area contributed by atoms with E-state index in [1.807, 2.05) is 5.38 Å². The molecule has 9 nitrogen and oxygen atoms in total. The Bertz CT molecular complexity index is 1140. The van der Waals surface area contributed by atoms with Gasteiger partial charge in [0.2, 0.25) is 26.0 Å². The van der Waals surface area contributed by atoms with Gasteiger partial charge in [0.15, 0.2) is 5.13 Å². The largest absolute Gasteiger partial charge is 0.302 e. The molecule has 1 saturated heterocycles. The van der Waals surface area contributed by atoms with Crippen molar-refractivity contribution >= 4 is 48.1 Å². The quantitative estimate of drug-likeness (QED) is 0.641. The summed E-state index contributed by atoms with van der Waals surface area (Å²) in [5.41, 5.74) is 2.03. The molecule has 1 aliphatic heterocycles. The highest BCUT2D eigenvalue weighted by Gasteiger charge is 2.30. The smallest absolute Gasteiger partial charge is 0.231 e. The van der Waals surface area contributed by atoms with Gasteiger partial charge in [-0.25, -0.2) is 26.1 Å². The van der Waals surface area contributed by atoms with Gasteiger partial charge in [0.05, 0.1) is 23.4 Å². The van der Waals surface area contributed by atoms with Crippen LogP contribution in [0.4, 0.5) is 10.8 Å². The zero-order valence-corrected chi connectivity index (χ0v) is 20.1. The monoisotopic (exact) mass is 486 g/mol. The minimum Gasteiger partial charge on any atom is -0.302 e. The third-order valence-corrected chi connectivity index (χ3v) is 9.19. The van der Waals surface area contributed by atoms with Gasteiger partial charge in [0, 0.05) is 37.0 Å². The number of benzene rings is 1. The van der Waals surface area contributed by atoms with Gasteiger partial charge in [-0.05, 0) is 31.9 Å². The Hall–Kier alpha value is -2.02. The second kappa shape index (κ2) is 9.23. The maximum atomic E-state index is 12.6. The average molecular weight is 487 g/mol. The summed E-state index contributed by atoms with van der Waals surface area (Å²) < 4.78 is 49.8. The molecule has 1 aromatic heterocycles. The number of rotatable bonds is 7. The van der Waals surface area contributed by atoms with Crippen LogP contribution in [0.5, 0.6) is 0 Å². The van der Waals surface area contributed by atoms with Crippen molar-refractivity contribution in [3.63, 3.8) is 0 Å². The molecule has 2 aromatic rings. The molecule has 0 saturated carbocycles. The van der Waals surface area contributed by atoms with Crippen LogP contribution in [0, 0.1) is 5.92 Å². The first-order chi connectivity index (χ1) is 14.5. The summed E-state index contributed by atoms with van der Waals surface area (Å²) in [6, 6.07) is 6.96. The van der Waals surface area contributed by atoms with Crippen molar-refractivity contribution in [3.8, 4) is 11.3 Å². The number of amides is 1. The number of nitrogens with zero attached hydrogens (tertiary/aromatic N) is 3. The minimum absolute atomic E-state index is 0.0667. The predicted molar refractivity (Wildman–Crippen MR) is 123 cm³/mol. The molecule has 0 unspecified atom stereocenters. The summed E-state index contributed by atoms with van der Waals surface area (Å²) in [6.07, 6.45) is 2.11. The summed E-state index contributed by atoms with van der Waals surface area (Å²) in [5, 5.41) is 5.13.